The maximum Gasteiger partial charge on any atom is 0.277 e. The third-order valence-electron chi connectivity index (χ3n) is 3.34. The van der Waals surface area contributed by atoms with E-state index in [1.807, 2.05) is 6.92 Å². The summed E-state index contributed by atoms with van der Waals surface area (Å²) < 4.78 is 29.0. The van der Waals surface area contributed by atoms with Crippen LogP contribution >= 0.6 is 0 Å². The normalized spacial score (nSPS) is 21.1. The Bertz CT molecular complexity index is 309. The molecular weight excluding hydrogens is 238 g/mol. The Balaban J connectivity index is 2.66. The summed E-state index contributed by atoms with van der Waals surface area (Å²) in [6.07, 6.45) is 6.92. The van der Waals surface area contributed by atoms with Crippen LogP contribution in [0, 0.1) is 0 Å². The third kappa shape index (κ3) is 4.91. The lowest BCUT2D eigenvalue weighted by molar-refractivity contribution is 0.340. The van der Waals surface area contributed by atoms with Gasteiger partial charge in [0.05, 0.1) is 0 Å². The molecule has 5 nitrogen and oxygen atoms in total. The van der Waals surface area contributed by atoms with Crippen LogP contribution in [0.25, 0.3) is 0 Å². The smallest absolute Gasteiger partial charge is 0.277 e. The molecule has 0 aromatic carbocycles. The van der Waals surface area contributed by atoms with Crippen LogP contribution in [0.15, 0.2) is 0 Å². The summed E-state index contributed by atoms with van der Waals surface area (Å²) in [4.78, 5) is 0. The molecular formula is C11H25N3O2S. The highest BCUT2D eigenvalue weighted by molar-refractivity contribution is 7.87. The molecule has 0 unspecified atom stereocenters. The van der Waals surface area contributed by atoms with E-state index in [0.29, 0.717) is 13.1 Å². The van der Waals surface area contributed by atoms with E-state index >= 15 is 0 Å². The molecule has 0 aliphatic heterocycles. The first-order valence-corrected chi connectivity index (χ1v) is 8.00. The Labute approximate surface area is 105 Å². The summed E-state index contributed by atoms with van der Waals surface area (Å²) in [6.45, 7) is 2.78. The van der Waals surface area contributed by atoms with Crippen LogP contribution in [0.3, 0.4) is 0 Å². The lowest BCUT2D eigenvalue weighted by atomic mass is 9.92. The predicted molar refractivity (Wildman–Crippen MR) is 69.8 cm³/mol. The minimum absolute atomic E-state index is 0.375. The van der Waals surface area contributed by atoms with Crippen LogP contribution in [0.2, 0.25) is 0 Å². The topological polar surface area (TPSA) is 84.2 Å². The van der Waals surface area contributed by atoms with Gasteiger partial charge in [-0.25, -0.2) is 4.72 Å². The van der Waals surface area contributed by atoms with Crippen molar-refractivity contribution < 1.29 is 8.42 Å². The lowest BCUT2D eigenvalue weighted by Gasteiger charge is -2.32. The second-order valence-electron chi connectivity index (χ2n) is 4.90. The van der Waals surface area contributed by atoms with Gasteiger partial charge in [0.15, 0.2) is 0 Å². The van der Waals surface area contributed by atoms with Crippen molar-refractivity contribution in [2.24, 2.45) is 5.73 Å². The fourth-order valence-corrected chi connectivity index (χ4v) is 3.71. The molecule has 0 aromatic heterocycles. The molecule has 0 aromatic rings. The van der Waals surface area contributed by atoms with Crippen molar-refractivity contribution in [2.45, 2.75) is 57.4 Å². The average molecular weight is 263 g/mol. The monoisotopic (exact) mass is 263 g/mol. The highest BCUT2D eigenvalue weighted by atomic mass is 32.2. The van der Waals surface area contributed by atoms with Crippen LogP contribution in [0.5, 0.6) is 0 Å². The zero-order chi connectivity index (χ0) is 12.8. The average Bonchev–Trinajstić information content (AvgIpc) is 2.52. The Morgan fingerprint density at radius 3 is 2.24 bits per heavy atom. The summed E-state index contributed by atoms with van der Waals surface area (Å²) in [5.41, 5.74) is 5.35. The molecule has 0 heterocycles. The minimum Gasteiger partial charge on any atom is -0.329 e. The first-order chi connectivity index (χ1) is 8.04. The summed E-state index contributed by atoms with van der Waals surface area (Å²) in [6, 6.07) is 0. The second-order valence-corrected chi connectivity index (χ2v) is 6.40. The van der Waals surface area contributed by atoms with Crippen molar-refractivity contribution in [3.05, 3.63) is 0 Å². The van der Waals surface area contributed by atoms with Crippen molar-refractivity contribution >= 4 is 10.2 Å². The van der Waals surface area contributed by atoms with Gasteiger partial charge in [0.2, 0.25) is 0 Å². The molecule has 0 spiro atoms. The summed E-state index contributed by atoms with van der Waals surface area (Å²) >= 11 is 0. The van der Waals surface area contributed by atoms with Gasteiger partial charge < -0.3 is 5.73 Å². The molecule has 4 N–H and O–H groups in total. The Morgan fingerprint density at radius 2 is 1.76 bits per heavy atom. The van der Waals surface area contributed by atoms with Gasteiger partial charge in [0, 0.05) is 18.6 Å². The summed E-state index contributed by atoms with van der Waals surface area (Å²) in [7, 11) is -3.41. The molecule has 0 atom stereocenters. The molecule has 6 heteroatoms. The fourth-order valence-electron chi connectivity index (χ4n) is 2.31. The number of rotatable bonds is 6. The quantitative estimate of drug-likeness (QED) is 0.622. The molecule has 102 valence electrons. The van der Waals surface area contributed by atoms with E-state index < -0.39 is 15.7 Å². The van der Waals surface area contributed by atoms with Crippen molar-refractivity contribution in [3.8, 4) is 0 Å². The highest BCUT2D eigenvalue weighted by Gasteiger charge is 2.33. The largest absolute Gasteiger partial charge is 0.329 e. The first kappa shape index (κ1) is 14.9. The van der Waals surface area contributed by atoms with Crippen LogP contribution < -0.4 is 15.2 Å². The second kappa shape index (κ2) is 6.68. The molecule has 1 aliphatic carbocycles. The number of nitrogens with one attached hydrogen (secondary N) is 2. The maximum atomic E-state index is 11.9. The van der Waals surface area contributed by atoms with Crippen LogP contribution in [0.4, 0.5) is 0 Å². The minimum atomic E-state index is -3.41. The molecule has 1 rings (SSSR count). The van der Waals surface area contributed by atoms with Gasteiger partial charge in [-0.1, -0.05) is 32.6 Å². The van der Waals surface area contributed by atoms with Gasteiger partial charge in [-0.2, -0.15) is 13.1 Å². The lowest BCUT2D eigenvalue weighted by Crippen LogP contribution is -2.56. The van der Waals surface area contributed by atoms with E-state index in [2.05, 4.69) is 9.44 Å². The standard InChI is InChI=1S/C11H25N3O2S/c1-2-9-13-17(15,16)14-11(10-12)7-5-3-4-6-8-11/h13-14H,2-10,12H2,1H3. The van der Waals surface area contributed by atoms with Gasteiger partial charge in [0.1, 0.15) is 0 Å². The molecule has 1 fully saturated rings. The van der Waals surface area contributed by atoms with Gasteiger partial charge in [0.25, 0.3) is 10.2 Å². The Hall–Kier alpha value is -0.170. The van der Waals surface area contributed by atoms with Gasteiger partial charge in [-0.15, -0.1) is 0 Å². The van der Waals surface area contributed by atoms with E-state index in [4.69, 9.17) is 5.73 Å². The van der Waals surface area contributed by atoms with Crippen molar-refractivity contribution in [1.82, 2.24) is 9.44 Å². The van der Waals surface area contributed by atoms with Crippen LogP contribution in [0.1, 0.15) is 51.9 Å². The van der Waals surface area contributed by atoms with Crippen molar-refractivity contribution in [3.63, 3.8) is 0 Å². The van der Waals surface area contributed by atoms with E-state index in [-0.39, 0.29) is 0 Å². The zero-order valence-electron chi connectivity index (χ0n) is 10.7. The Kier molecular flexibility index (Phi) is 5.85. The van der Waals surface area contributed by atoms with Crippen molar-refractivity contribution in [2.75, 3.05) is 13.1 Å². The highest BCUT2D eigenvalue weighted by Crippen LogP contribution is 2.26. The number of hydrogen-bond donors (Lipinski definition) is 3. The number of nitrogens with two attached hydrogens (primary N) is 1. The molecule has 1 aliphatic rings. The van der Waals surface area contributed by atoms with Crippen LogP contribution in [-0.4, -0.2) is 27.0 Å². The third-order valence-corrected chi connectivity index (χ3v) is 4.63. The molecule has 0 bridgehead atoms. The fraction of sp³-hybridized carbons (Fsp3) is 1.00. The molecule has 1 saturated carbocycles. The van der Waals surface area contributed by atoms with Crippen molar-refractivity contribution in [1.29, 1.82) is 0 Å². The van der Waals surface area contributed by atoms with E-state index in [1.54, 1.807) is 0 Å². The van der Waals surface area contributed by atoms with Gasteiger partial charge in [-0.3, -0.25) is 0 Å². The molecule has 0 radical (unpaired) electrons. The number of hydrogen-bond acceptors (Lipinski definition) is 3. The van der Waals surface area contributed by atoms with E-state index in [1.165, 1.54) is 12.8 Å². The predicted octanol–water partition coefficient (Wildman–Crippen LogP) is 0.872. The molecule has 17 heavy (non-hydrogen) atoms. The van der Waals surface area contributed by atoms with Crippen LogP contribution in [-0.2, 0) is 10.2 Å². The molecule has 0 amide bonds. The van der Waals surface area contributed by atoms with Gasteiger partial charge in [-0.05, 0) is 19.3 Å². The summed E-state index contributed by atoms with van der Waals surface area (Å²) in [5.74, 6) is 0. The zero-order valence-corrected chi connectivity index (χ0v) is 11.5. The first-order valence-electron chi connectivity index (χ1n) is 6.52. The molecule has 0 saturated heterocycles. The van der Waals surface area contributed by atoms with E-state index in [0.717, 1.165) is 32.1 Å². The summed E-state index contributed by atoms with van der Waals surface area (Å²) in [5, 5.41) is 0. The van der Waals surface area contributed by atoms with E-state index in [9.17, 15) is 8.42 Å². The SMILES string of the molecule is CCCNS(=O)(=O)NC1(CN)CCCCCC1. The Morgan fingerprint density at radius 1 is 1.18 bits per heavy atom. The van der Waals surface area contributed by atoms with Gasteiger partial charge >= 0.3 is 0 Å². The maximum absolute atomic E-state index is 11.9.